The number of aliphatic hydroxyl groups is 3. The van der Waals surface area contributed by atoms with Crippen molar-refractivity contribution in [3.05, 3.63) is 82.9 Å². The van der Waals surface area contributed by atoms with Gasteiger partial charge in [-0.15, -0.1) is 0 Å². The van der Waals surface area contributed by atoms with Crippen LogP contribution in [-0.4, -0.2) is 122 Å². The maximum Gasteiger partial charge on any atom is 0.408 e. The molecule has 1 amide bonds. The maximum atomic E-state index is 15.1. The Morgan fingerprint density at radius 1 is 0.923 bits per heavy atom. The fourth-order valence-electron chi connectivity index (χ4n) is 10.1. The Hall–Kier alpha value is -5.69. The highest BCUT2D eigenvalue weighted by Gasteiger charge is 2.78. The number of hydrogen-bond donors (Lipinski definition) is 5. The van der Waals surface area contributed by atoms with Gasteiger partial charge in [0, 0.05) is 25.2 Å². The number of alkyl carbamates (subject to hydrolysis) is 1. The van der Waals surface area contributed by atoms with Crippen molar-refractivity contribution in [2.24, 2.45) is 16.7 Å². The molecule has 0 aromatic heterocycles. The number of ether oxygens (including phenoxy) is 6. The van der Waals surface area contributed by atoms with Crippen LogP contribution >= 0.6 is 0 Å². The summed E-state index contributed by atoms with van der Waals surface area (Å²) in [4.78, 5) is 95.2. The van der Waals surface area contributed by atoms with Gasteiger partial charge in [0.25, 0.3) is 0 Å². The van der Waals surface area contributed by atoms with E-state index in [2.05, 4.69) is 5.32 Å². The first-order valence-electron chi connectivity index (χ1n) is 21.4. The average molecular weight is 908 g/mol. The van der Waals surface area contributed by atoms with Crippen LogP contribution in [0.1, 0.15) is 103 Å². The molecule has 1 heterocycles. The molecule has 18 heteroatoms. The van der Waals surface area contributed by atoms with Gasteiger partial charge in [-0.05, 0) is 63.5 Å². The van der Waals surface area contributed by atoms with Crippen LogP contribution in [-0.2, 0) is 52.4 Å². The zero-order chi connectivity index (χ0) is 48.0. The Bertz CT molecular complexity index is 2240. The summed E-state index contributed by atoms with van der Waals surface area (Å²) in [6.07, 6.45) is -13.5. The number of carbonyl (C=O) groups excluding carboxylic acids is 6. The molecule has 1 aliphatic heterocycles. The lowest BCUT2D eigenvalue weighted by Crippen LogP contribution is -2.81. The highest BCUT2D eigenvalue weighted by atomic mass is 16.6. The van der Waals surface area contributed by atoms with Crippen LogP contribution in [0.3, 0.4) is 0 Å². The fraction of sp³-hybridized carbons (Fsp3) is 0.553. The molecule has 65 heavy (non-hydrogen) atoms. The van der Waals surface area contributed by atoms with Crippen LogP contribution in [0.15, 0.2) is 71.8 Å². The number of aliphatic hydroxyl groups excluding tert-OH is 2. The minimum Gasteiger partial charge on any atom is -0.481 e. The number of benzene rings is 2. The van der Waals surface area contributed by atoms with E-state index in [1.165, 1.54) is 52.0 Å². The third-order valence-corrected chi connectivity index (χ3v) is 13.3. The SMILES string of the molecule is CC(=O)O[C@@]12CO[C@@H]1C[C@H](O)[C@@]1(C)C(=O)[C@H](O)C3=C(C)[C@@H](OC(=O)[C@H](OC(=O)CCC(=O)O)[C@@H](NC(=O)OC(C)(C)C)c4ccccc4)CC(O)(C(OC(=O)c4ccccc4)[C@H]21)C3(C)C. The van der Waals surface area contributed by atoms with Crippen molar-refractivity contribution in [1.29, 1.82) is 0 Å². The van der Waals surface area contributed by atoms with Crippen molar-refractivity contribution in [2.45, 2.75) is 141 Å². The molecule has 3 aliphatic carbocycles. The Balaban J connectivity index is 1.52. The maximum absolute atomic E-state index is 15.1. The van der Waals surface area contributed by atoms with Gasteiger partial charge >= 0.3 is 35.9 Å². The van der Waals surface area contributed by atoms with Crippen LogP contribution < -0.4 is 5.32 Å². The van der Waals surface area contributed by atoms with Crippen molar-refractivity contribution in [2.75, 3.05) is 6.61 Å². The average Bonchev–Trinajstić information content (AvgIpc) is 3.22. The van der Waals surface area contributed by atoms with Crippen molar-refractivity contribution in [3.63, 3.8) is 0 Å². The van der Waals surface area contributed by atoms with E-state index in [0.29, 0.717) is 0 Å². The summed E-state index contributed by atoms with van der Waals surface area (Å²) in [6.45, 7) is 11.4. The second kappa shape index (κ2) is 17.9. The van der Waals surface area contributed by atoms with E-state index in [0.717, 1.165) is 6.92 Å². The third-order valence-electron chi connectivity index (χ3n) is 13.3. The molecule has 4 aliphatic rings. The molecule has 1 saturated heterocycles. The molecule has 6 rings (SSSR count). The Labute approximate surface area is 375 Å². The smallest absolute Gasteiger partial charge is 0.408 e. The van der Waals surface area contributed by atoms with Crippen LogP contribution in [0.4, 0.5) is 4.79 Å². The van der Waals surface area contributed by atoms with Crippen LogP contribution in [0.25, 0.3) is 0 Å². The molecule has 2 bridgehead atoms. The van der Waals surface area contributed by atoms with Gasteiger partial charge < -0.3 is 54.2 Å². The number of amides is 1. The molecule has 18 nitrogen and oxygen atoms in total. The Kier molecular flexibility index (Phi) is 13.5. The van der Waals surface area contributed by atoms with Crippen LogP contribution in [0, 0.1) is 16.7 Å². The quantitative estimate of drug-likeness (QED) is 0.116. The summed E-state index contributed by atoms with van der Waals surface area (Å²) in [5.74, 6) is -8.16. The summed E-state index contributed by atoms with van der Waals surface area (Å²) in [6, 6.07) is 14.0. The van der Waals surface area contributed by atoms with Gasteiger partial charge in [-0.1, -0.05) is 62.4 Å². The van der Waals surface area contributed by atoms with E-state index in [4.69, 9.17) is 28.4 Å². The summed E-state index contributed by atoms with van der Waals surface area (Å²) < 4.78 is 35.5. The molecule has 2 aromatic carbocycles. The number of hydrogen-bond acceptors (Lipinski definition) is 16. The molecule has 0 spiro atoms. The Morgan fingerprint density at radius 2 is 1.54 bits per heavy atom. The van der Waals surface area contributed by atoms with Gasteiger partial charge in [0.15, 0.2) is 11.4 Å². The largest absolute Gasteiger partial charge is 0.481 e. The van der Waals surface area contributed by atoms with E-state index in [9.17, 15) is 49.2 Å². The van der Waals surface area contributed by atoms with E-state index >= 15 is 4.79 Å². The molecule has 11 atom stereocenters. The second-order valence-corrected chi connectivity index (χ2v) is 18.9. The monoisotopic (exact) mass is 907 g/mol. The third kappa shape index (κ3) is 9.00. The summed E-state index contributed by atoms with van der Waals surface area (Å²) >= 11 is 0. The number of rotatable bonds is 12. The summed E-state index contributed by atoms with van der Waals surface area (Å²) in [7, 11) is 0. The van der Waals surface area contributed by atoms with Crippen LogP contribution in [0.5, 0.6) is 0 Å². The van der Waals surface area contributed by atoms with Gasteiger partial charge in [0.05, 0.1) is 42.4 Å². The topological polar surface area (TPSA) is 268 Å². The zero-order valence-corrected chi connectivity index (χ0v) is 37.5. The number of carboxylic acids is 1. The predicted octanol–water partition coefficient (Wildman–Crippen LogP) is 3.68. The number of carbonyl (C=O) groups is 7. The first-order chi connectivity index (χ1) is 30.3. The number of aliphatic carboxylic acids is 1. The molecule has 3 fully saturated rings. The highest BCUT2D eigenvalue weighted by molar-refractivity contribution is 5.94. The molecular formula is C47H57NO17. The number of fused-ring (bicyclic) bond motifs is 5. The molecule has 5 N–H and O–H groups in total. The molecule has 0 radical (unpaired) electrons. The first-order valence-corrected chi connectivity index (χ1v) is 21.4. The number of Topliss-reactive ketones (excluding diaryl/α,β-unsaturated/α-hetero) is 1. The molecular weight excluding hydrogens is 851 g/mol. The number of nitrogens with one attached hydrogen (secondary N) is 1. The molecule has 2 aromatic rings. The second-order valence-electron chi connectivity index (χ2n) is 18.9. The van der Waals surface area contributed by atoms with Crippen molar-refractivity contribution >= 4 is 41.7 Å². The first kappa shape index (κ1) is 48.8. The summed E-state index contributed by atoms with van der Waals surface area (Å²) in [5.41, 5.74) is -8.90. The van der Waals surface area contributed by atoms with Gasteiger partial charge in [-0.25, -0.2) is 14.4 Å². The number of esters is 4. The van der Waals surface area contributed by atoms with E-state index < -0.39 is 137 Å². The van der Waals surface area contributed by atoms with Gasteiger partial charge in [0.2, 0.25) is 6.10 Å². The van der Waals surface area contributed by atoms with Gasteiger partial charge in [-0.3, -0.25) is 19.2 Å². The van der Waals surface area contributed by atoms with Gasteiger partial charge in [-0.2, -0.15) is 0 Å². The lowest BCUT2D eigenvalue weighted by Gasteiger charge is -2.67. The van der Waals surface area contributed by atoms with E-state index in [-0.39, 0.29) is 35.3 Å². The zero-order valence-electron chi connectivity index (χ0n) is 37.5. The van der Waals surface area contributed by atoms with Crippen molar-refractivity contribution in [3.8, 4) is 0 Å². The van der Waals surface area contributed by atoms with Crippen LogP contribution in [0.2, 0.25) is 0 Å². The van der Waals surface area contributed by atoms with E-state index in [1.54, 1.807) is 57.2 Å². The number of ketones is 1. The van der Waals surface area contributed by atoms with Crippen molar-refractivity contribution in [1.82, 2.24) is 5.32 Å². The number of carboxylic acid groups (broad SMARTS) is 1. The lowest BCUT2D eigenvalue weighted by atomic mass is 9.44. The normalized spacial score (nSPS) is 31.2. The fourth-order valence-corrected chi connectivity index (χ4v) is 10.1. The molecule has 2 unspecified atom stereocenters. The van der Waals surface area contributed by atoms with E-state index in [1.807, 2.05) is 0 Å². The molecule has 2 saturated carbocycles. The molecule has 352 valence electrons. The van der Waals surface area contributed by atoms with Crippen molar-refractivity contribution < 1.29 is 82.4 Å². The predicted molar refractivity (Wildman–Crippen MR) is 224 cm³/mol. The minimum atomic E-state index is -2.46. The summed E-state index contributed by atoms with van der Waals surface area (Å²) in [5, 5.41) is 49.8. The van der Waals surface area contributed by atoms with Gasteiger partial charge in [0.1, 0.15) is 41.7 Å². The minimum absolute atomic E-state index is 0.0334. The standard InChI is InChI=1S/C47H57NO17/c1-24-28(61-41(57)36(62-32(53)20-19-31(51)52)34(26-15-11-9-12-16-26)48-42(58)65-43(3,4)5)22-47(59)39(63-40(56)27-17-13-10-14-18-27)37-45(8,38(55)35(54)33(24)44(47,6)7)29(50)21-30-46(37,23-60-30)64-25(2)49/h9-18,28-30,34-37,39,50,54,59H,19-23H2,1-8H3,(H,48,58)(H,51,52)/t28-,29-,30+,34-,35+,36+,37-,39?,45+,46-,47?/m0/s1. The lowest BCUT2D eigenvalue weighted by molar-refractivity contribution is -0.346. The Morgan fingerprint density at radius 3 is 2.09 bits per heavy atom. The highest BCUT2D eigenvalue weighted by Crippen LogP contribution is 2.64.